The number of benzene rings is 1. The predicted molar refractivity (Wildman–Crippen MR) is 114 cm³/mol. The van der Waals surface area contributed by atoms with E-state index >= 15 is 0 Å². The monoisotopic (exact) mass is 384 g/mol. The number of amides is 1. The van der Waals surface area contributed by atoms with Crippen molar-refractivity contribution in [3.63, 3.8) is 0 Å². The van der Waals surface area contributed by atoms with Crippen molar-refractivity contribution in [2.45, 2.75) is 64.7 Å². The summed E-state index contributed by atoms with van der Waals surface area (Å²) in [7, 11) is 0. The van der Waals surface area contributed by atoms with E-state index in [1.165, 1.54) is 30.4 Å². The Kier molecular flexibility index (Phi) is 4.82. The average Bonchev–Trinajstić information content (AvgIpc) is 2.62. The van der Waals surface area contributed by atoms with E-state index in [0.29, 0.717) is 16.9 Å². The van der Waals surface area contributed by atoms with Crippen LogP contribution in [0.25, 0.3) is 0 Å². The smallest absolute Gasteiger partial charge is 0.232 e. The third kappa shape index (κ3) is 3.20. The fraction of sp³-hybridized carbons (Fsp3) is 0.652. The molecule has 2 unspecified atom stereocenters. The molecule has 4 aliphatic carbocycles. The summed E-state index contributed by atoms with van der Waals surface area (Å²) in [6.45, 7) is 7.98. The quantitative estimate of drug-likeness (QED) is 0.772. The number of hydrogen-bond donors (Lipinski definition) is 1. The molecule has 1 amide bonds. The summed E-state index contributed by atoms with van der Waals surface area (Å²) in [5.74, 6) is 1.55. The van der Waals surface area contributed by atoms with Crippen LogP contribution in [0.5, 0.6) is 0 Å². The number of thiocarbonyl (C=S) groups is 1. The van der Waals surface area contributed by atoms with Gasteiger partial charge < -0.3 is 10.2 Å². The molecule has 27 heavy (non-hydrogen) atoms. The van der Waals surface area contributed by atoms with Gasteiger partial charge in [0.2, 0.25) is 5.91 Å². The molecular formula is C23H32N2OS. The van der Waals surface area contributed by atoms with Crippen LogP contribution in [0.4, 0.5) is 0 Å². The van der Waals surface area contributed by atoms with Gasteiger partial charge in [-0.3, -0.25) is 4.79 Å². The lowest BCUT2D eigenvalue weighted by molar-refractivity contribution is -0.147. The Morgan fingerprint density at radius 2 is 1.70 bits per heavy atom. The SMILES string of the molecule is CCN(CC)C(=S)NC(=O)C12C[C@H]3C[C@@H](C1)CC(c1ccc(C)cc1)(C3)C2. The predicted octanol–water partition coefficient (Wildman–Crippen LogP) is 4.58. The van der Waals surface area contributed by atoms with Gasteiger partial charge in [0, 0.05) is 13.1 Å². The fourth-order valence-corrected chi connectivity index (χ4v) is 6.94. The Morgan fingerprint density at radius 1 is 1.11 bits per heavy atom. The number of carbonyl (C=O) groups is 1. The van der Waals surface area contributed by atoms with Gasteiger partial charge in [0.25, 0.3) is 0 Å². The summed E-state index contributed by atoms with van der Waals surface area (Å²) >= 11 is 5.53. The zero-order chi connectivity index (χ0) is 19.2. The van der Waals surface area contributed by atoms with Gasteiger partial charge in [0.1, 0.15) is 0 Å². The Balaban J connectivity index is 1.61. The normalized spacial score (nSPS) is 33.7. The largest absolute Gasteiger partial charge is 0.350 e. The van der Waals surface area contributed by atoms with Crippen LogP contribution in [-0.2, 0) is 10.2 Å². The van der Waals surface area contributed by atoms with Gasteiger partial charge in [-0.25, -0.2) is 0 Å². The van der Waals surface area contributed by atoms with Crippen LogP contribution in [0.3, 0.4) is 0 Å². The van der Waals surface area contributed by atoms with Crippen LogP contribution < -0.4 is 5.32 Å². The van der Waals surface area contributed by atoms with Crippen molar-refractivity contribution in [1.29, 1.82) is 0 Å². The highest BCUT2D eigenvalue weighted by atomic mass is 32.1. The summed E-state index contributed by atoms with van der Waals surface area (Å²) in [5, 5.41) is 3.74. The summed E-state index contributed by atoms with van der Waals surface area (Å²) in [6.07, 6.45) is 6.89. The molecule has 0 aliphatic heterocycles. The molecule has 0 radical (unpaired) electrons. The van der Waals surface area contributed by atoms with Crippen LogP contribution in [-0.4, -0.2) is 29.0 Å². The van der Waals surface area contributed by atoms with Gasteiger partial charge >= 0.3 is 0 Å². The van der Waals surface area contributed by atoms with Crippen LogP contribution >= 0.6 is 12.2 Å². The number of nitrogens with one attached hydrogen (secondary N) is 1. The second kappa shape index (κ2) is 6.88. The zero-order valence-corrected chi connectivity index (χ0v) is 17.7. The number of hydrogen-bond acceptors (Lipinski definition) is 2. The van der Waals surface area contributed by atoms with Crippen molar-refractivity contribution in [3.8, 4) is 0 Å². The lowest BCUT2D eigenvalue weighted by Crippen LogP contribution is -2.60. The lowest BCUT2D eigenvalue weighted by Gasteiger charge is -2.61. The maximum Gasteiger partial charge on any atom is 0.232 e. The fourth-order valence-electron chi connectivity index (χ4n) is 6.59. The van der Waals surface area contributed by atoms with Gasteiger partial charge in [-0.2, -0.15) is 0 Å². The minimum absolute atomic E-state index is 0.185. The number of nitrogens with zero attached hydrogens (tertiary/aromatic N) is 1. The summed E-state index contributed by atoms with van der Waals surface area (Å²) in [4.78, 5) is 15.5. The highest BCUT2D eigenvalue weighted by Gasteiger charge is 2.61. The molecule has 4 aliphatic rings. The summed E-state index contributed by atoms with van der Waals surface area (Å²) in [5.41, 5.74) is 2.71. The van der Waals surface area contributed by atoms with Crippen molar-refractivity contribution in [3.05, 3.63) is 35.4 Å². The van der Waals surface area contributed by atoms with E-state index in [9.17, 15) is 4.79 Å². The van der Waals surface area contributed by atoms with Gasteiger partial charge in [-0.1, -0.05) is 29.8 Å². The first-order valence-electron chi connectivity index (χ1n) is 10.6. The van der Waals surface area contributed by atoms with Crippen LogP contribution in [0.2, 0.25) is 0 Å². The first-order chi connectivity index (χ1) is 12.9. The first kappa shape index (κ1) is 18.9. The molecule has 4 bridgehead atoms. The zero-order valence-electron chi connectivity index (χ0n) is 16.9. The minimum Gasteiger partial charge on any atom is -0.350 e. The topological polar surface area (TPSA) is 32.3 Å². The molecule has 5 rings (SSSR count). The van der Waals surface area contributed by atoms with E-state index in [1.54, 1.807) is 0 Å². The van der Waals surface area contributed by atoms with Crippen molar-refractivity contribution in [1.82, 2.24) is 10.2 Å². The second-order valence-corrected chi connectivity index (χ2v) is 9.71. The van der Waals surface area contributed by atoms with E-state index in [2.05, 4.69) is 55.3 Å². The Morgan fingerprint density at radius 3 is 2.26 bits per heavy atom. The van der Waals surface area contributed by atoms with Crippen LogP contribution in [0, 0.1) is 24.2 Å². The van der Waals surface area contributed by atoms with Crippen molar-refractivity contribution in [2.75, 3.05) is 13.1 Å². The van der Waals surface area contributed by atoms with Gasteiger partial charge in [0.05, 0.1) is 5.41 Å². The molecule has 4 saturated carbocycles. The molecule has 0 aromatic heterocycles. The van der Waals surface area contributed by atoms with Crippen molar-refractivity contribution in [2.24, 2.45) is 17.3 Å². The molecule has 4 fully saturated rings. The van der Waals surface area contributed by atoms with Gasteiger partial charge in [0.15, 0.2) is 5.11 Å². The van der Waals surface area contributed by atoms with Crippen molar-refractivity contribution >= 4 is 23.2 Å². The molecule has 1 aromatic rings. The second-order valence-electron chi connectivity index (χ2n) is 9.32. The van der Waals surface area contributed by atoms with E-state index < -0.39 is 0 Å². The van der Waals surface area contributed by atoms with E-state index in [1.807, 2.05) is 0 Å². The van der Waals surface area contributed by atoms with Crippen LogP contribution in [0.1, 0.15) is 63.5 Å². The van der Waals surface area contributed by atoms with Gasteiger partial charge in [-0.05, 0) is 94.3 Å². The van der Waals surface area contributed by atoms with Gasteiger partial charge in [-0.15, -0.1) is 0 Å². The Labute approximate surface area is 168 Å². The molecule has 1 N–H and O–H groups in total. The standard InChI is InChI=1S/C23H32N2OS/c1-4-25(5-2)21(27)24-20(26)23-13-17-10-18(14-23)12-22(11-17,15-23)19-8-6-16(3)7-9-19/h6-9,17-18H,4-5,10-15H2,1-3H3,(H,24,26,27)/t17-,18+,22?,23?. The third-order valence-electron chi connectivity index (χ3n) is 7.48. The third-order valence-corrected chi connectivity index (χ3v) is 7.84. The number of carbonyl (C=O) groups excluding carboxylic acids is 1. The average molecular weight is 385 g/mol. The molecular weight excluding hydrogens is 352 g/mol. The molecule has 0 spiro atoms. The lowest BCUT2D eigenvalue weighted by atomic mass is 9.42. The molecule has 0 saturated heterocycles. The highest BCUT2D eigenvalue weighted by molar-refractivity contribution is 7.80. The minimum atomic E-state index is -0.230. The maximum absolute atomic E-state index is 13.4. The molecule has 4 heteroatoms. The number of rotatable bonds is 4. The molecule has 1 aromatic carbocycles. The Hall–Kier alpha value is -1.42. The maximum atomic E-state index is 13.4. The summed E-state index contributed by atoms with van der Waals surface area (Å²) < 4.78 is 0. The molecule has 146 valence electrons. The van der Waals surface area contributed by atoms with E-state index in [4.69, 9.17) is 12.2 Å². The Bertz CT molecular complexity index is 723. The van der Waals surface area contributed by atoms with Crippen LogP contribution in [0.15, 0.2) is 24.3 Å². The molecule has 0 heterocycles. The van der Waals surface area contributed by atoms with E-state index in [-0.39, 0.29) is 16.7 Å². The first-order valence-corrected chi connectivity index (χ1v) is 11.0. The van der Waals surface area contributed by atoms with E-state index in [0.717, 1.165) is 32.4 Å². The van der Waals surface area contributed by atoms with Crippen molar-refractivity contribution < 1.29 is 4.79 Å². The number of aryl methyl sites for hydroxylation is 1. The molecule has 3 nitrogen and oxygen atoms in total. The summed E-state index contributed by atoms with van der Waals surface area (Å²) in [6, 6.07) is 9.09. The highest BCUT2D eigenvalue weighted by Crippen LogP contribution is 2.65. The molecule has 4 atom stereocenters.